The molecule has 1 atom stereocenters. The first kappa shape index (κ1) is 15.1. The van der Waals surface area contributed by atoms with Gasteiger partial charge in [-0.3, -0.25) is 0 Å². The maximum absolute atomic E-state index is 13.9. The van der Waals surface area contributed by atoms with Gasteiger partial charge in [0.05, 0.1) is 11.1 Å². The van der Waals surface area contributed by atoms with Gasteiger partial charge in [-0.05, 0) is 52.2 Å². The summed E-state index contributed by atoms with van der Waals surface area (Å²) in [5.41, 5.74) is 0.383. The molecule has 106 valence electrons. The zero-order chi connectivity index (χ0) is 14.7. The summed E-state index contributed by atoms with van der Waals surface area (Å²) >= 11 is 3.00. The van der Waals surface area contributed by atoms with Gasteiger partial charge in [-0.1, -0.05) is 12.1 Å². The quantitative estimate of drug-likeness (QED) is 0.824. The Kier molecular flexibility index (Phi) is 4.83. The summed E-state index contributed by atoms with van der Waals surface area (Å²) in [7, 11) is 0. The normalized spacial score (nSPS) is 12.4. The molecular formula is C15H12BrF3O. The van der Waals surface area contributed by atoms with Crippen LogP contribution < -0.4 is 0 Å². The van der Waals surface area contributed by atoms with Crippen LogP contribution in [0, 0.1) is 17.5 Å². The van der Waals surface area contributed by atoms with Gasteiger partial charge >= 0.3 is 0 Å². The third-order valence-corrected chi connectivity index (χ3v) is 3.74. The molecule has 1 N–H and O–H groups in total. The second-order valence-electron chi connectivity index (χ2n) is 4.46. The van der Waals surface area contributed by atoms with Crippen LogP contribution in [0.3, 0.4) is 0 Å². The average molecular weight is 345 g/mol. The lowest BCUT2D eigenvalue weighted by atomic mass is 9.92. The Bertz CT molecular complexity index is 616. The Morgan fingerprint density at radius 2 is 1.85 bits per heavy atom. The fraction of sp³-hybridized carbons (Fsp3) is 0.200. The molecule has 0 amide bonds. The Morgan fingerprint density at radius 3 is 2.50 bits per heavy atom. The fourth-order valence-electron chi connectivity index (χ4n) is 2.05. The number of aliphatic hydroxyl groups is 1. The lowest BCUT2D eigenvalue weighted by Gasteiger charge is -2.16. The lowest BCUT2D eigenvalue weighted by Crippen LogP contribution is -2.11. The molecule has 0 heterocycles. The Labute approximate surface area is 123 Å². The van der Waals surface area contributed by atoms with Crippen molar-refractivity contribution in [1.82, 2.24) is 0 Å². The standard InChI is InChI=1S/C15H12BrF3O/c16-13-4-5-14(18)12(15(13)19)7-10(8-20)9-2-1-3-11(17)6-9/h1-6,10,20H,7-8H2. The molecule has 0 saturated carbocycles. The highest BCUT2D eigenvalue weighted by atomic mass is 79.9. The molecule has 0 radical (unpaired) electrons. The number of halogens is 4. The van der Waals surface area contributed by atoms with Crippen LogP contribution in [0.4, 0.5) is 13.2 Å². The van der Waals surface area contributed by atoms with E-state index in [1.807, 2.05) is 0 Å². The van der Waals surface area contributed by atoms with Crippen LogP contribution in [-0.4, -0.2) is 11.7 Å². The number of aliphatic hydroxyl groups excluding tert-OH is 1. The highest BCUT2D eigenvalue weighted by molar-refractivity contribution is 9.10. The van der Waals surface area contributed by atoms with Crippen molar-refractivity contribution in [3.63, 3.8) is 0 Å². The summed E-state index contributed by atoms with van der Waals surface area (Å²) < 4.78 is 41.0. The molecule has 0 bridgehead atoms. The van der Waals surface area contributed by atoms with Gasteiger partial charge in [0.15, 0.2) is 0 Å². The van der Waals surface area contributed by atoms with Crippen LogP contribution >= 0.6 is 15.9 Å². The van der Waals surface area contributed by atoms with E-state index in [4.69, 9.17) is 0 Å². The van der Waals surface area contributed by atoms with Crippen molar-refractivity contribution in [2.75, 3.05) is 6.61 Å². The molecule has 1 unspecified atom stereocenters. The van der Waals surface area contributed by atoms with Crippen molar-refractivity contribution >= 4 is 15.9 Å². The third kappa shape index (κ3) is 3.22. The monoisotopic (exact) mass is 344 g/mol. The molecule has 2 aromatic carbocycles. The first-order valence-corrected chi connectivity index (χ1v) is 6.81. The summed E-state index contributed by atoms with van der Waals surface area (Å²) in [6.07, 6.45) is -0.0446. The largest absolute Gasteiger partial charge is 0.396 e. The molecule has 2 rings (SSSR count). The van der Waals surface area contributed by atoms with Gasteiger partial charge in [-0.2, -0.15) is 0 Å². The predicted molar refractivity (Wildman–Crippen MR) is 74.0 cm³/mol. The molecule has 5 heteroatoms. The minimum atomic E-state index is -0.695. The molecule has 2 aromatic rings. The van der Waals surface area contributed by atoms with Crippen LogP contribution in [-0.2, 0) is 6.42 Å². The summed E-state index contributed by atoms with van der Waals surface area (Å²) in [6, 6.07) is 8.10. The molecule has 0 aliphatic carbocycles. The van der Waals surface area contributed by atoms with Crippen molar-refractivity contribution in [2.24, 2.45) is 0 Å². The third-order valence-electron chi connectivity index (χ3n) is 3.13. The summed E-state index contributed by atoms with van der Waals surface area (Å²) in [6.45, 7) is -0.325. The molecular weight excluding hydrogens is 333 g/mol. The number of rotatable bonds is 4. The molecule has 0 aliphatic rings. The van der Waals surface area contributed by atoms with Crippen LogP contribution in [0.25, 0.3) is 0 Å². The Morgan fingerprint density at radius 1 is 1.10 bits per heavy atom. The number of benzene rings is 2. The van der Waals surface area contributed by atoms with Crippen molar-refractivity contribution in [3.8, 4) is 0 Å². The zero-order valence-electron chi connectivity index (χ0n) is 10.4. The molecule has 0 spiro atoms. The van der Waals surface area contributed by atoms with E-state index < -0.39 is 23.4 Å². The zero-order valence-corrected chi connectivity index (χ0v) is 12.0. The van der Waals surface area contributed by atoms with Gasteiger partial charge in [-0.15, -0.1) is 0 Å². The van der Waals surface area contributed by atoms with Gasteiger partial charge in [0.2, 0.25) is 0 Å². The Hall–Kier alpha value is -1.33. The van der Waals surface area contributed by atoms with Crippen LogP contribution in [0.1, 0.15) is 17.0 Å². The van der Waals surface area contributed by atoms with Gasteiger partial charge in [0.25, 0.3) is 0 Å². The van der Waals surface area contributed by atoms with Gasteiger partial charge in [0, 0.05) is 11.5 Å². The highest BCUT2D eigenvalue weighted by Gasteiger charge is 2.19. The van der Waals surface area contributed by atoms with Gasteiger partial charge in [-0.25, -0.2) is 13.2 Å². The van der Waals surface area contributed by atoms with Crippen molar-refractivity contribution < 1.29 is 18.3 Å². The van der Waals surface area contributed by atoms with Crippen molar-refractivity contribution in [1.29, 1.82) is 0 Å². The van der Waals surface area contributed by atoms with E-state index in [1.165, 1.54) is 24.3 Å². The SMILES string of the molecule is OCC(Cc1c(F)ccc(Br)c1F)c1cccc(F)c1. The maximum Gasteiger partial charge on any atom is 0.143 e. The average Bonchev–Trinajstić information content (AvgIpc) is 2.43. The van der Waals surface area contributed by atoms with Crippen LogP contribution in [0.5, 0.6) is 0 Å². The first-order chi connectivity index (χ1) is 9.52. The van der Waals surface area contributed by atoms with E-state index in [9.17, 15) is 18.3 Å². The number of hydrogen-bond donors (Lipinski definition) is 1. The predicted octanol–water partition coefficient (Wildman–Crippen LogP) is 4.19. The minimum Gasteiger partial charge on any atom is -0.396 e. The van der Waals surface area contributed by atoms with Gasteiger partial charge in [0.1, 0.15) is 17.5 Å². The first-order valence-electron chi connectivity index (χ1n) is 6.01. The lowest BCUT2D eigenvalue weighted by molar-refractivity contribution is 0.262. The van der Waals surface area contributed by atoms with Crippen LogP contribution in [0.2, 0.25) is 0 Å². The maximum atomic E-state index is 13.9. The Balaban J connectivity index is 2.34. The number of hydrogen-bond acceptors (Lipinski definition) is 1. The molecule has 0 aromatic heterocycles. The smallest absolute Gasteiger partial charge is 0.143 e. The summed E-state index contributed by atoms with van der Waals surface area (Å²) in [4.78, 5) is 0. The summed E-state index contributed by atoms with van der Waals surface area (Å²) in [5, 5.41) is 9.40. The van der Waals surface area contributed by atoms with E-state index in [2.05, 4.69) is 15.9 Å². The second-order valence-corrected chi connectivity index (χ2v) is 5.31. The molecule has 0 aliphatic heterocycles. The summed E-state index contributed by atoms with van der Waals surface area (Å²) in [5.74, 6) is -2.39. The minimum absolute atomic E-state index is 0.0446. The topological polar surface area (TPSA) is 20.2 Å². The second kappa shape index (κ2) is 6.41. The van der Waals surface area contributed by atoms with E-state index in [0.29, 0.717) is 5.56 Å². The molecule has 20 heavy (non-hydrogen) atoms. The van der Waals surface area contributed by atoms with Gasteiger partial charge < -0.3 is 5.11 Å². The van der Waals surface area contributed by atoms with Crippen LogP contribution in [0.15, 0.2) is 40.9 Å². The van der Waals surface area contributed by atoms with E-state index in [-0.39, 0.29) is 23.1 Å². The molecule has 1 nitrogen and oxygen atoms in total. The van der Waals surface area contributed by atoms with E-state index >= 15 is 0 Å². The van der Waals surface area contributed by atoms with E-state index in [0.717, 1.165) is 6.07 Å². The van der Waals surface area contributed by atoms with E-state index in [1.54, 1.807) is 6.07 Å². The molecule has 0 fully saturated rings. The fourth-order valence-corrected chi connectivity index (χ4v) is 2.42. The molecule has 0 saturated heterocycles. The van der Waals surface area contributed by atoms with Crippen molar-refractivity contribution in [3.05, 3.63) is 69.4 Å². The highest BCUT2D eigenvalue weighted by Crippen LogP contribution is 2.27. The van der Waals surface area contributed by atoms with Crippen molar-refractivity contribution in [2.45, 2.75) is 12.3 Å².